The number of hydrogen-bond donors (Lipinski definition) is 3. The summed E-state index contributed by atoms with van der Waals surface area (Å²) in [5, 5.41) is 11.9. The van der Waals surface area contributed by atoms with Crippen LogP contribution in [-0.4, -0.2) is 37.9 Å². The summed E-state index contributed by atoms with van der Waals surface area (Å²) in [6.45, 7) is 4.05. The van der Waals surface area contributed by atoms with Crippen LogP contribution in [0.4, 0.5) is 5.13 Å². The Kier molecular flexibility index (Phi) is 6.11. The molecule has 0 aliphatic carbocycles. The van der Waals surface area contributed by atoms with Crippen molar-refractivity contribution in [1.82, 2.24) is 25.5 Å². The SMILES string of the molecule is Cc1cc(=O)[nH]c(S[C@H](C)C(=O)NCCCc2nnc(N)s2)n1. The van der Waals surface area contributed by atoms with E-state index in [1.165, 1.54) is 29.2 Å². The van der Waals surface area contributed by atoms with Crippen LogP contribution in [-0.2, 0) is 11.2 Å². The van der Waals surface area contributed by atoms with Gasteiger partial charge in [0.25, 0.3) is 5.56 Å². The largest absolute Gasteiger partial charge is 0.374 e. The quantitative estimate of drug-likeness (QED) is 0.380. The molecule has 0 aliphatic rings. The van der Waals surface area contributed by atoms with E-state index in [0.717, 1.165) is 17.8 Å². The molecule has 8 nitrogen and oxygen atoms in total. The maximum Gasteiger partial charge on any atom is 0.251 e. The normalized spacial score (nSPS) is 12.1. The summed E-state index contributed by atoms with van der Waals surface area (Å²) in [6.07, 6.45) is 1.49. The number of aromatic nitrogens is 4. The smallest absolute Gasteiger partial charge is 0.251 e. The number of nitrogens with zero attached hydrogens (tertiary/aromatic N) is 3. The highest BCUT2D eigenvalue weighted by Gasteiger charge is 2.15. The Morgan fingerprint density at radius 1 is 1.52 bits per heavy atom. The second-order valence-corrected chi connectivity index (χ2v) is 7.30. The monoisotopic (exact) mass is 354 g/mol. The minimum atomic E-state index is -0.350. The number of anilines is 1. The van der Waals surface area contributed by atoms with Gasteiger partial charge in [-0.25, -0.2) is 4.98 Å². The summed E-state index contributed by atoms with van der Waals surface area (Å²) in [6, 6.07) is 1.41. The molecule has 0 saturated carbocycles. The minimum Gasteiger partial charge on any atom is -0.374 e. The van der Waals surface area contributed by atoms with Gasteiger partial charge in [-0.05, 0) is 20.3 Å². The van der Waals surface area contributed by atoms with Crippen LogP contribution in [0.2, 0.25) is 0 Å². The lowest BCUT2D eigenvalue weighted by Gasteiger charge is -2.11. The highest BCUT2D eigenvalue weighted by molar-refractivity contribution is 8.00. The minimum absolute atomic E-state index is 0.101. The zero-order valence-electron chi connectivity index (χ0n) is 12.8. The first kappa shape index (κ1) is 17.4. The van der Waals surface area contributed by atoms with Crippen LogP contribution in [0.15, 0.2) is 16.0 Å². The van der Waals surface area contributed by atoms with E-state index in [1.807, 2.05) is 0 Å². The Balaban J connectivity index is 1.75. The maximum atomic E-state index is 12.0. The standard InChI is InChI=1S/C13H18N6O2S2/c1-7-6-9(20)17-13(16-7)22-8(2)11(21)15-5-3-4-10-18-19-12(14)23-10/h6,8H,3-5H2,1-2H3,(H2,14,19)(H,15,21)(H,16,17,20)/t8-/m1/s1. The fourth-order valence-corrected chi connectivity index (χ4v) is 3.32. The second kappa shape index (κ2) is 8.06. The van der Waals surface area contributed by atoms with Gasteiger partial charge in [0.05, 0.1) is 5.25 Å². The Morgan fingerprint density at radius 3 is 2.96 bits per heavy atom. The van der Waals surface area contributed by atoms with Crippen molar-refractivity contribution < 1.29 is 4.79 Å². The van der Waals surface area contributed by atoms with Crippen LogP contribution in [0.25, 0.3) is 0 Å². The van der Waals surface area contributed by atoms with E-state index in [9.17, 15) is 9.59 Å². The van der Waals surface area contributed by atoms with E-state index in [2.05, 4.69) is 25.5 Å². The van der Waals surface area contributed by atoms with Crippen LogP contribution < -0.4 is 16.6 Å². The van der Waals surface area contributed by atoms with Gasteiger partial charge in [-0.3, -0.25) is 9.59 Å². The average Bonchev–Trinajstić information content (AvgIpc) is 2.87. The molecule has 4 N–H and O–H groups in total. The number of nitrogens with one attached hydrogen (secondary N) is 2. The van der Waals surface area contributed by atoms with Crippen molar-refractivity contribution in [3.63, 3.8) is 0 Å². The summed E-state index contributed by atoms with van der Waals surface area (Å²) in [5.41, 5.74) is 5.91. The predicted octanol–water partition coefficient (Wildman–Crippen LogP) is 0.742. The molecule has 0 unspecified atom stereocenters. The van der Waals surface area contributed by atoms with Gasteiger partial charge in [0.2, 0.25) is 11.0 Å². The number of aryl methyl sites for hydroxylation is 2. The van der Waals surface area contributed by atoms with E-state index in [-0.39, 0.29) is 16.7 Å². The number of nitrogens with two attached hydrogens (primary N) is 1. The van der Waals surface area contributed by atoms with Crippen molar-refractivity contribution >= 4 is 34.1 Å². The first-order chi connectivity index (χ1) is 10.9. The van der Waals surface area contributed by atoms with Crippen LogP contribution in [0.5, 0.6) is 0 Å². The van der Waals surface area contributed by atoms with Gasteiger partial charge in [0.15, 0.2) is 5.16 Å². The Bertz CT molecular complexity index is 729. The first-order valence-electron chi connectivity index (χ1n) is 7.04. The van der Waals surface area contributed by atoms with Crippen LogP contribution in [0, 0.1) is 6.92 Å². The fourth-order valence-electron chi connectivity index (χ4n) is 1.79. The third-order valence-corrected chi connectivity index (χ3v) is 4.65. The molecule has 0 aromatic carbocycles. The summed E-state index contributed by atoms with van der Waals surface area (Å²) in [5.74, 6) is -0.101. The topological polar surface area (TPSA) is 127 Å². The molecule has 23 heavy (non-hydrogen) atoms. The number of carbonyl (C=O) groups excluding carboxylic acids is 1. The number of aromatic amines is 1. The maximum absolute atomic E-state index is 12.0. The number of rotatable bonds is 7. The van der Waals surface area contributed by atoms with Crippen LogP contribution in [0.1, 0.15) is 24.0 Å². The number of hydrogen-bond acceptors (Lipinski definition) is 8. The van der Waals surface area contributed by atoms with Gasteiger partial charge >= 0.3 is 0 Å². The van der Waals surface area contributed by atoms with Gasteiger partial charge in [0.1, 0.15) is 5.01 Å². The summed E-state index contributed by atoms with van der Waals surface area (Å²) in [4.78, 5) is 30.2. The Morgan fingerprint density at radius 2 is 2.30 bits per heavy atom. The predicted molar refractivity (Wildman–Crippen MR) is 90.6 cm³/mol. The van der Waals surface area contributed by atoms with Gasteiger partial charge in [-0.15, -0.1) is 10.2 Å². The van der Waals surface area contributed by atoms with Crippen molar-refractivity contribution in [2.75, 3.05) is 12.3 Å². The zero-order chi connectivity index (χ0) is 16.8. The Labute approximate surface area is 141 Å². The summed E-state index contributed by atoms with van der Waals surface area (Å²) in [7, 11) is 0. The Hall–Kier alpha value is -1.94. The molecule has 0 spiro atoms. The van der Waals surface area contributed by atoms with Crippen LogP contribution >= 0.6 is 23.1 Å². The third kappa shape index (κ3) is 5.64. The lowest BCUT2D eigenvalue weighted by Crippen LogP contribution is -2.32. The van der Waals surface area contributed by atoms with Crippen molar-refractivity contribution in [3.05, 3.63) is 27.1 Å². The van der Waals surface area contributed by atoms with Gasteiger partial charge in [-0.1, -0.05) is 23.1 Å². The van der Waals surface area contributed by atoms with Gasteiger partial charge < -0.3 is 16.0 Å². The van der Waals surface area contributed by atoms with Crippen molar-refractivity contribution in [2.24, 2.45) is 0 Å². The number of nitrogen functional groups attached to an aromatic ring is 1. The molecule has 0 bridgehead atoms. The van der Waals surface area contributed by atoms with E-state index in [4.69, 9.17) is 5.73 Å². The number of thioether (sulfide) groups is 1. The number of carbonyl (C=O) groups is 1. The molecule has 2 heterocycles. The molecule has 124 valence electrons. The highest BCUT2D eigenvalue weighted by atomic mass is 32.2. The van der Waals surface area contributed by atoms with Crippen LogP contribution in [0.3, 0.4) is 0 Å². The van der Waals surface area contributed by atoms with E-state index < -0.39 is 0 Å². The van der Waals surface area contributed by atoms with Gasteiger partial charge in [0, 0.05) is 24.7 Å². The highest BCUT2D eigenvalue weighted by Crippen LogP contribution is 2.18. The lowest BCUT2D eigenvalue weighted by molar-refractivity contribution is -0.120. The van der Waals surface area contributed by atoms with Crippen molar-refractivity contribution in [1.29, 1.82) is 0 Å². The molecule has 2 rings (SSSR count). The fraction of sp³-hybridized carbons (Fsp3) is 0.462. The van der Waals surface area contributed by atoms with Gasteiger partial charge in [-0.2, -0.15) is 0 Å². The van der Waals surface area contributed by atoms with E-state index in [0.29, 0.717) is 22.5 Å². The molecule has 10 heteroatoms. The third-order valence-electron chi connectivity index (χ3n) is 2.85. The number of amides is 1. The molecule has 2 aromatic rings. The molecule has 0 saturated heterocycles. The first-order valence-corrected chi connectivity index (χ1v) is 8.74. The van der Waals surface area contributed by atoms with Crippen molar-refractivity contribution in [2.45, 2.75) is 37.1 Å². The zero-order valence-corrected chi connectivity index (χ0v) is 14.5. The van der Waals surface area contributed by atoms with Crippen molar-refractivity contribution in [3.8, 4) is 0 Å². The lowest BCUT2D eigenvalue weighted by atomic mass is 10.3. The molecular formula is C13H18N6O2S2. The molecule has 0 fully saturated rings. The number of H-pyrrole nitrogens is 1. The molecular weight excluding hydrogens is 336 g/mol. The van der Waals surface area contributed by atoms with E-state index >= 15 is 0 Å². The van der Waals surface area contributed by atoms with E-state index in [1.54, 1.807) is 13.8 Å². The second-order valence-electron chi connectivity index (χ2n) is 4.88. The summed E-state index contributed by atoms with van der Waals surface area (Å²) < 4.78 is 0. The molecule has 2 aromatic heterocycles. The molecule has 1 atom stereocenters. The molecule has 0 aliphatic heterocycles. The molecule has 0 radical (unpaired) electrons. The average molecular weight is 354 g/mol. The summed E-state index contributed by atoms with van der Waals surface area (Å²) >= 11 is 2.58. The molecule has 1 amide bonds.